The molecular formula is C9H17NO2S. The number of sulfonamides is 1. The van der Waals surface area contributed by atoms with Gasteiger partial charge in [0.25, 0.3) is 0 Å². The van der Waals surface area contributed by atoms with Gasteiger partial charge in [-0.2, -0.15) is 4.31 Å². The lowest BCUT2D eigenvalue weighted by Gasteiger charge is -2.19. The molecule has 1 heterocycles. The van der Waals surface area contributed by atoms with Crippen molar-refractivity contribution in [3.63, 3.8) is 0 Å². The molecule has 13 heavy (non-hydrogen) atoms. The molecule has 4 heteroatoms. The molecule has 1 atom stereocenters. The summed E-state index contributed by atoms with van der Waals surface area (Å²) >= 11 is 0. The smallest absolute Gasteiger partial charge is 0.208 e. The van der Waals surface area contributed by atoms with Crippen molar-refractivity contribution in [3.8, 4) is 0 Å². The van der Waals surface area contributed by atoms with Gasteiger partial charge in [0.1, 0.15) is 0 Å². The molecule has 0 N–H and O–H groups in total. The van der Waals surface area contributed by atoms with Crippen molar-refractivity contribution < 1.29 is 8.42 Å². The van der Waals surface area contributed by atoms with Crippen LogP contribution in [0.25, 0.3) is 0 Å². The van der Waals surface area contributed by atoms with Gasteiger partial charge >= 0.3 is 0 Å². The highest BCUT2D eigenvalue weighted by molar-refractivity contribution is 7.92. The second kappa shape index (κ2) is 4.24. The van der Waals surface area contributed by atoms with Crippen LogP contribution < -0.4 is 0 Å². The third kappa shape index (κ3) is 2.81. The van der Waals surface area contributed by atoms with E-state index in [1.807, 2.05) is 0 Å². The topological polar surface area (TPSA) is 37.4 Å². The van der Waals surface area contributed by atoms with Gasteiger partial charge in [-0.05, 0) is 18.8 Å². The summed E-state index contributed by atoms with van der Waals surface area (Å²) in [4.78, 5) is 0. The van der Waals surface area contributed by atoms with Crippen LogP contribution in [0.5, 0.6) is 0 Å². The third-order valence-electron chi connectivity index (χ3n) is 2.44. The zero-order valence-electron chi connectivity index (χ0n) is 8.07. The Morgan fingerprint density at radius 3 is 2.77 bits per heavy atom. The zero-order valence-corrected chi connectivity index (χ0v) is 8.89. The van der Waals surface area contributed by atoms with Crippen LogP contribution >= 0.6 is 0 Å². The van der Waals surface area contributed by atoms with E-state index in [-0.39, 0.29) is 0 Å². The van der Waals surface area contributed by atoms with Crippen molar-refractivity contribution >= 4 is 10.0 Å². The third-order valence-corrected chi connectivity index (χ3v) is 3.91. The molecule has 0 aromatic rings. The second-order valence-electron chi connectivity index (χ2n) is 3.67. The van der Waals surface area contributed by atoms with Gasteiger partial charge in [0, 0.05) is 18.5 Å². The average Bonchev–Trinajstić information content (AvgIpc) is 2.30. The first-order valence-electron chi connectivity index (χ1n) is 4.69. The van der Waals surface area contributed by atoms with Crippen LogP contribution in [0, 0.1) is 5.92 Å². The van der Waals surface area contributed by atoms with Crippen LogP contribution in [-0.4, -0.2) is 25.8 Å². The molecule has 0 amide bonds. The number of hydrogen-bond acceptors (Lipinski definition) is 2. The lowest BCUT2D eigenvalue weighted by molar-refractivity contribution is 0.385. The van der Waals surface area contributed by atoms with E-state index < -0.39 is 10.0 Å². The summed E-state index contributed by atoms with van der Waals surface area (Å²) in [5, 5.41) is 1.05. The maximum Gasteiger partial charge on any atom is 0.235 e. The summed E-state index contributed by atoms with van der Waals surface area (Å²) in [6.07, 6.45) is 3.23. The second-order valence-corrected chi connectivity index (χ2v) is 5.55. The Kier molecular flexibility index (Phi) is 3.50. The van der Waals surface area contributed by atoms with Crippen molar-refractivity contribution in [1.82, 2.24) is 4.31 Å². The molecular weight excluding hydrogens is 186 g/mol. The fourth-order valence-corrected chi connectivity index (χ4v) is 2.70. The van der Waals surface area contributed by atoms with Crippen molar-refractivity contribution in [2.24, 2.45) is 5.92 Å². The summed E-state index contributed by atoms with van der Waals surface area (Å²) in [7, 11) is -3.18. The monoisotopic (exact) mass is 203 g/mol. The predicted molar refractivity (Wildman–Crippen MR) is 53.7 cm³/mol. The Balaban J connectivity index is 2.73. The van der Waals surface area contributed by atoms with E-state index in [2.05, 4.69) is 13.5 Å². The zero-order chi connectivity index (χ0) is 9.90. The Hall–Kier alpha value is -0.350. The molecule has 1 saturated heterocycles. The molecule has 1 aliphatic heterocycles. The maximum atomic E-state index is 11.5. The summed E-state index contributed by atoms with van der Waals surface area (Å²) in [6, 6.07) is 0. The summed E-state index contributed by atoms with van der Waals surface area (Å²) < 4.78 is 24.5. The number of nitrogens with zero attached hydrogens (tertiary/aromatic N) is 1. The largest absolute Gasteiger partial charge is 0.235 e. The molecule has 0 bridgehead atoms. The van der Waals surface area contributed by atoms with Gasteiger partial charge in [-0.3, -0.25) is 0 Å². The molecule has 1 rings (SSSR count). The first-order chi connectivity index (χ1) is 6.06. The fourth-order valence-electron chi connectivity index (χ4n) is 1.65. The van der Waals surface area contributed by atoms with E-state index in [9.17, 15) is 8.42 Å². The van der Waals surface area contributed by atoms with Gasteiger partial charge in [0.05, 0.1) is 0 Å². The first-order valence-corrected chi connectivity index (χ1v) is 6.19. The minimum absolute atomic E-state index is 0.470. The van der Waals surface area contributed by atoms with Crippen LogP contribution in [0.15, 0.2) is 12.0 Å². The van der Waals surface area contributed by atoms with Crippen LogP contribution in [0.1, 0.15) is 26.2 Å². The van der Waals surface area contributed by atoms with E-state index in [1.54, 1.807) is 0 Å². The lowest BCUT2D eigenvalue weighted by atomic mass is 10.1. The molecule has 0 aromatic heterocycles. The van der Waals surface area contributed by atoms with Crippen molar-refractivity contribution in [1.29, 1.82) is 0 Å². The van der Waals surface area contributed by atoms with Gasteiger partial charge < -0.3 is 0 Å². The highest BCUT2D eigenvalue weighted by atomic mass is 32.2. The Labute approximate surface area is 80.5 Å². The van der Waals surface area contributed by atoms with Gasteiger partial charge in [0.15, 0.2) is 0 Å². The Morgan fingerprint density at radius 1 is 1.46 bits per heavy atom. The molecule has 1 aliphatic rings. The minimum Gasteiger partial charge on any atom is -0.208 e. The quantitative estimate of drug-likeness (QED) is 0.683. The van der Waals surface area contributed by atoms with Crippen LogP contribution in [0.4, 0.5) is 0 Å². The Morgan fingerprint density at radius 2 is 2.15 bits per heavy atom. The van der Waals surface area contributed by atoms with Crippen LogP contribution in [0.3, 0.4) is 0 Å². The maximum absolute atomic E-state index is 11.5. The molecule has 1 unspecified atom stereocenters. The van der Waals surface area contributed by atoms with Gasteiger partial charge in [0.2, 0.25) is 10.0 Å². The van der Waals surface area contributed by atoms with Crippen molar-refractivity contribution in [2.45, 2.75) is 26.2 Å². The molecule has 0 spiro atoms. The van der Waals surface area contributed by atoms with Crippen molar-refractivity contribution in [3.05, 3.63) is 12.0 Å². The molecule has 0 aliphatic carbocycles. The summed E-state index contributed by atoms with van der Waals surface area (Å²) in [5.74, 6) is 0.470. The summed E-state index contributed by atoms with van der Waals surface area (Å²) in [6.45, 7) is 6.73. The predicted octanol–water partition coefficient (Wildman–Crippen LogP) is 1.58. The molecule has 0 radical (unpaired) electrons. The van der Waals surface area contributed by atoms with Gasteiger partial charge in [-0.15, -0.1) is 0 Å². The fraction of sp³-hybridized carbons (Fsp3) is 0.778. The van der Waals surface area contributed by atoms with E-state index in [0.29, 0.717) is 19.0 Å². The van der Waals surface area contributed by atoms with E-state index >= 15 is 0 Å². The lowest BCUT2D eigenvalue weighted by Crippen LogP contribution is -2.32. The van der Waals surface area contributed by atoms with E-state index in [1.165, 1.54) is 4.31 Å². The SMILES string of the molecule is C=CS(=O)(=O)N1CCCCC(C)C1. The van der Waals surface area contributed by atoms with Crippen LogP contribution in [-0.2, 0) is 10.0 Å². The minimum atomic E-state index is -3.18. The molecule has 3 nitrogen and oxygen atoms in total. The Bertz CT molecular complexity index is 271. The van der Waals surface area contributed by atoms with Gasteiger partial charge in [-0.1, -0.05) is 19.9 Å². The van der Waals surface area contributed by atoms with E-state index in [4.69, 9.17) is 0 Å². The van der Waals surface area contributed by atoms with Gasteiger partial charge in [-0.25, -0.2) is 8.42 Å². The standard InChI is InChI=1S/C9H17NO2S/c1-3-13(11,12)10-7-5-4-6-9(2)8-10/h3,9H,1,4-8H2,2H3. The first kappa shape index (κ1) is 10.7. The normalized spacial score (nSPS) is 26.7. The van der Waals surface area contributed by atoms with E-state index in [0.717, 1.165) is 24.7 Å². The number of hydrogen-bond donors (Lipinski definition) is 0. The van der Waals surface area contributed by atoms with Crippen LogP contribution in [0.2, 0.25) is 0 Å². The number of rotatable bonds is 2. The average molecular weight is 203 g/mol. The van der Waals surface area contributed by atoms with Crippen molar-refractivity contribution in [2.75, 3.05) is 13.1 Å². The molecule has 0 aromatic carbocycles. The highest BCUT2D eigenvalue weighted by Crippen LogP contribution is 2.18. The highest BCUT2D eigenvalue weighted by Gasteiger charge is 2.22. The molecule has 0 saturated carbocycles. The molecule has 1 fully saturated rings. The molecule has 76 valence electrons. The summed E-state index contributed by atoms with van der Waals surface area (Å²) in [5.41, 5.74) is 0.